The molecule has 0 bridgehead atoms. The molecule has 33 heavy (non-hydrogen) atoms. The number of nitrogens with zero attached hydrogens (tertiary/aromatic N) is 2. The molecule has 3 aromatic carbocycles. The van der Waals surface area contributed by atoms with E-state index in [4.69, 9.17) is 0 Å². The Kier molecular flexibility index (Phi) is 5.56. The van der Waals surface area contributed by atoms with E-state index in [1.807, 2.05) is 67.1 Å². The largest absolute Gasteiger partial charge is 0.481 e. The van der Waals surface area contributed by atoms with Gasteiger partial charge in [0.05, 0.1) is 17.9 Å². The van der Waals surface area contributed by atoms with Crippen LogP contribution in [0.1, 0.15) is 22.4 Å². The molecule has 1 heterocycles. The molecule has 1 aliphatic carbocycles. The van der Waals surface area contributed by atoms with Gasteiger partial charge in [0.2, 0.25) is 0 Å². The lowest BCUT2D eigenvalue weighted by Gasteiger charge is -2.37. The Morgan fingerprint density at radius 3 is 1.70 bits per heavy atom. The van der Waals surface area contributed by atoms with Gasteiger partial charge in [0, 0.05) is 12.8 Å². The van der Waals surface area contributed by atoms with E-state index in [0.717, 1.165) is 22.4 Å². The van der Waals surface area contributed by atoms with Crippen LogP contribution in [0.5, 0.6) is 0 Å². The summed E-state index contributed by atoms with van der Waals surface area (Å²) in [4.78, 5) is 16.2. The maximum atomic E-state index is 11.5. The van der Waals surface area contributed by atoms with Crippen molar-refractivity contribution >= 4 is 5.97 Å². The van der Waals surface area contributed by atoms with Crippen molar-refractivity contribution in [3.8, 4) is 0 Å². The molecule has 0 radical (unpaired) electrons. The molecule has 4 aromatic rings. The first kappa shape index (κ1) is 21.2. The third-order valence-electron chi connectivity index (χ3n) is 6.87. The van der Waals surface area contributed by atoms with Gasteiger partial charge in [-0.05, 0) is 34.9 Å². The van der Waals surface area contributed by atoms with E-state index < -0.39 is 17.4 Å². The monoisotopic (exact) mass is 438 g/mol. The standard InChI is InChI=1S/C28H26N2O3/c31-18-25-24(26(25)27(32)33)16-23-17-30(19-29-23)28(20-10-4-1-5-11-20,21-12-6-2-7-13-21)22-14-8-3-9-15-22/h1-15,17,19,24-26,31H,16,18H2,(H,32,33). The van der Waals surface area contributed by atoms with Crippen molar-refractivity contribution < 1.29 is 15.0 Å². The van der Waals surface area contributed by atoms with Crippen LogP contribution < -0.4 is 0 Å². The zero-order valence-corrected chi connectivity index (χ0v) is 18.2. The molecule has 5 heteroatoms. The molecule has 0 spiro atoms. The van der Waals surface area contributed by atoms with Crippen LogP contribution in [-0.2, 0) is 16.8 Å². The highest BCUT2D eigenvalue weighted by molar-refractivity contribution is 5.74. The lowest BCUT2D eigenvalue weighted by Crippen LogP contribution is -2.36. The van der Waals surface area contributed by atoms with Crippen LogP contribution >= 0.6 is 0 Å². The minimum Gasteiger partial charge on any atom is -0.481 e. The zero-order valence-electron chi connectivity index (χ0n) is 18.2. The molecule has 1 saturated carbocycles. The number of hydrogen-bond acceptors (Lipinski definition) is 3. The Hall–Kier alpha value is -3.70. The molecule has 1 fully saturated rings. The number of imidazole rings is 1. The molecule has 0 saturated heterocycles. The summed E-state index contributed by atoms with van der Waals surface area (Å²) in [7, 11) is 0. The fraction of sp³-hybridized carbons (Fsp3) is 0.214. The Bertz CT molecular complexity index is 1130. The molecule has 1 aromatic heterocycles. The number of carboxylic acid groups (broad SMARTS) is 1. The number of carboxylic acids is 1. The summed E-state index contributed by atoms with van der Waals surface area (Å²) in [5.74, 6) is -1.63. The average molecular weight is 439 g/mol. The van der Waals surface area contributed by atoms with Crippen LogP contribution in [0.25, 0.3) is 0 Å². The molecule has 166 valence electrons. The van der Waals surface area contributed by atoms with E-state index in [9.17, 15) is 15.0 Å². The quantitative estimate of drug-likeness (QED) is 0.404. The fourth-order valence-corrected chi connectivity index (χ4v) is 5.22. The fourth-order valence-electron chi connectivity index (χ4n) is 5.22. The molecular formula is C28H26N2O3. The second-order valence-electron chi connectivity index (χ2n) is 8.66. The number of benzene rings is 3. The molecule has 0 aliphatic heterocycles. The molecule has 5 nitrogen and oxygen atoms in total. The second kappa shape index (κ2) is 8.68. The number of rotatable bonds is 8. The van der Waals surface area contributed by atoms with E-state index in [2.05, 4.69) is 45.9 Å². The normalized spacial score (nSPS) is 19.8. The highest BCUT2D eigenvalue weighted by atomic mass is 16.4. The summed E-state index contributed by atoms with van der Waals surface area (Å²) in [6, 6.07) is 31.1. The van der Waals surface area contributed by atoms with Crippen molar-refractivity contribution in [1.82, 2.24) is 9.55 Å². The molecule has 0 amide bonds. The zero-order chi connectivity index (χ0) is 22.8. The van der Waals surface area contributed by atoms with Crippen LogP contribution in [0, 0.1) is 17.8 Å². The van der Waals surface area contributed by atoms with Gasteiger partial charge in [-0.1, -0.05) is 91.0 Å². The topological polar surface area (TPSA) is 75.3 Å². The van der Waals surface area contributed by atoms with E-state index in [1.54, 1.807) is 0 Å². The first-order chi connectivity index (χ1) is 16.2. The van der Waals surface area contributed by atoms with E-state index in [0.29, 0.717) is 6.42 Å². The number of aliphatic hydroxyl groups excluding tert-OH is 1. The number of aliphatic hydroxyl groups is 1. The van der Waals surface area contributed by atoms with Gasteiger partial charge in [-0.3, -0.25) is 4.79 Å². The van der Waals surface area contributed by atoms with Crippen molar-refractivity contribution in [1.29, 1.82) is 0 Å². The third kappa shape index (κ3) is 3.64. The number of aromatic nitrogens is 2. The van der Waals surface area contributed by atoms with Gasteiger partial charge in [-0.2, -0.15) is 0 Å². The van der Waals surface area contributed by atoms with E-state index in [1.165, 1.54) is 0 Å². The molecule has 5 rings (SSSR count). The summed E-state index contributed by atoms with van der Waals surface area (Å²) in [6.45, 7) is -0.107. The van der Waals surface area contributed by atoms with Crippen molar-refractivity contribution in [2.24, 2.45) is 17.8 Å². The summed E-state index contributed by atoms with van der Waals surface area (Å²) >= 11 is 0. The van der Waals surface area contributed by atoms with Crippen molar-refractivity contribution in [2.75, 3.05) is 6.61 Å². The van der Waals surface area contributed by atoms with Gasteiger partial charge < -0.3 is 14.8 Å². The maximum absolute atomic E-state index is 11.5. The Morgan fingerprint density at radius 1 is 0.818 bits per heavy atom. The average Bonchev–Trinajstić information content (AvgIpc) is 3.37. The van der Waals surface area contributed by atoms with Crippen molar-refractivity contribution in [3.05, 3.63) is 126 Å². The first-order valence-electron chi connectivity index (χ1n) is 11.2. The molecular weight excluding hydrogens is 412 g/mol. The van der Waals surface area contributed by atoms with Crippen LogP contribution in [0.4, 0.5) is 0 Å². The maximum Gasteiger partial charge on any atom is 0.307 e. The SMILES string of the molecule is O=C(O)C1C(CO)C1Cc1cn(C(c2ccccc2)(c2ccccc2)c2ccccc2)cn1. The Labute approximate surface area is 193 Å². The van der Waals surface area contributed by atoms with Gasteiger partial charge in [-0.25, -0.2) is 4.98 Å². The molecule has 3 atom stereocenters. The van der Waals surface area contributed by atoms with Crippen LogP contribution in [-0.4, -0.2) is 32.3 Å². The molecule has 3 unspecified atom stereocenters. The lowest BCUT2D eigenvalue weighted by molar-refractivity contribution is -0.139. The predicted octanol–water partition coefficient (Wildman–Crippen LogP) is 4.20. The summed E-state index contributed by atoms with van der Waals surface area (Å²) in [5.41, 5.74) is 3.51. The predicted molar refractivity (Wildman–Crippen MR) is 126 cm³/mol. The van der Waals surface area contributed by atoms with Gasteiger partial charge in [-0.15, -0.1) is 0 Å². The van der Waals surface area contributed by atoms with Crippen LogP contribution in [0.2, 0.25) is 0 Å². The summed E-state index contributed by atoms with van der Waals surface area (Å²) in [5, 5.41) is 19.0. The molecule has 1 aliphatic rings. The molecule has 2 N–H and O–H groups in total. The highest BCUT2D eigenvalue weighted by Crippen LogP contribution is 2.48. The number of hydrogen-bond donors (Lipinski definition) is 2. The van der Waals surface area contributed by atoms with Crippen molar-refractivity contribution in [3.63, 3.8) is 0 Å². The summed E-state index contributed by atoms with van der Waals surface area (Å²) in [6.07, 6.45) is 4.40. The number of carbonyl (C=O) groups is 1. The summed E-state index contributed by atoms with van der Waals surface area (Å²) < 4.78 is 2.13. The van der Waals surface area contributed by atoms with Gasteiger partial charge >= 0.3 is 5.97 Å². The van der Waals surface area contributed by atoms with Crippen molar-refractivity contribution in [2.45, 2.75) is 12.0 Å². The van der Waals surface area contributed by atoms with Gasteiger partial charge in [0.1, 0.15) is 5.54 Å². The lowest BCUT2D eigenvalue weighted by atomic mass is 9.77. The van der Waals surface area contributed by atoms with Crippen LogP contribution in [0.3, 0.4) is 0 Å². The minimum atomic E-state index is -0.842. The smallest absolute Gasteiger partial charge is 0.307 e. The van der Waals surface area contributed by atoms with Gasteiger partial charge in [0.15, 0.2) is 0 Å². The minimum absolute atomic E-state index is 0.0876. The van der Waals surface area contributed by atoms with Crippen LogP contribution in [0.15, 0.2) is 104 Å². The van der Waals surface area contributed by atoms with E-state index in [-0.39, 0.29) is 18.4 Å². The number of aliphatic carboxylic acids is 1. The first-order valence-corrected chi connectivity index (χ1v) is 11.2. The Balaban J connectivity index is 1.64. The highest BCUT2D eigenvalue weighted by Gasteiger charge is 2.54. The Morgan fingerprint density at radius 2 is 1.30 bits per heavy atom. The van der Waals surface area contributed by atoms with E-state index >= 15 is 0 Å². The second-order valence-corrected chi connectivity index (χ2v) is 8.66. The third-order valence-corrected chi connectivity index (χ3v) is 6.87. The van der Waals surface area contributed by atoms with Gasteiger partial charge in [0.25, 0.3) is 0 Å².